The van der Waals surface area contributed by atoms with E-state index >= 15 is 0 Å². The molecule has 0 amide bonds. The average Bonchev–Trinajstić information content (AvgIpc) is 2.77. The van der Waals surface area contributed by atoms with Crippen molar-refractivity contribution in [2.24, 2.45) is 0 Å². The Hall–Kier alpha value is -1.29. The minimum atomic E-state index is 0.268. The first-order chi connectivity index (χ1) is 8.22. The molecular formula is C13H16BrN3. The fraction of sp³-hybridized carbons (Fsp3) is 0.308. The van der Waals surface area contributed by atoms with E-state index in [1.54, 1.807) is 0 Å². The summed E-state index contributed by atoms with van der Waals surface area (Å²) in [5.74, 6) is 0.917. The first-order valence-corrected chi connectivity index (χ1v) is 6.54. The predicted molar refractivity (Wildman–Crippen MR) is 74.3 cm³/mol. The van der Waals surface area contributed by atoms with Crippen LogP contribution in [0.5, 0.6) is 0 Å². The third-order valence-electron chi connectivity index (χ3n) is 2.75. The van der Waals surface area contributed by atoms with Gasteiger partial charge in [0.25, 0.3) is 0 Å². The molecule has 17 heavy (non-hydrogen) atoms. The number of hydrogen-bond acceptors (Lipinski definition) is 2. The van der Waals surface area contributed by atoms with E-state index in [0.29, 0.717) is 0 Å². The van der Waals surface area contributed by atoms with Gasteiger partial charge in [-0.2, -0.15) is 0 Å². The largest absolute Gasteiger partial charge is 0.356 e. The number of nitrogens with one attached hydrogen (secondary N) is 1. The number of anilines is 1. The van der Waals surface area contributed by atoms with Crippen molar-refractivity contribution in [1.29, 1.82) is 0 Å². The molecular weight excluding hydrogens is 278 g/mol. The Bertz CT molecular complexity index is 493. The fourth-order valence-corrected chi connectivity index (χ4v) is 2.26. The summed E-state index contributed by atoms with van der Waals surface area (Å²) in [5, 5.41) is 3.26. The second-order valence-electron chi connectivity index (χ2n) is 3.92. The summed E-state index contributed by atoms with van der Waals surface area (Å²) in [5.41, 5.74) is 1.26. The van der Waals surface area contributed by atoms with Gasteiger partial charge < -0.3 is 9.88 Å². The zero-order valence-electron chi connectivity index (χ0n) is 10.0. The minimum absolute atomic E-state index is 0.268. The molecule has 2 rings (SSSR count). The molecule has 0 aliphatic carbocycles. The monoisotopic (exact) mass is 293 g/mol. The molecule has 1 heterocycles. The molecule has 1 unspecified atom stereocenters. The van der Waals surface area contributed by atoms with Crippen LogP contribution in [0.15, 0.2) is 41.1 Å². The predicted octanol–water partition coefficient (Wildman–Crippen LogP) is 3.69. The van der Waals surface area contributed by atoms with Gasteiger partial charge in [0.1, 0.15) is 0 Å². The number of aromatic nitrogens is 2. The molecule has 0 aliphatic heterocycles. The number of imidazole rings is 1. The van der Waals surface area contributed by atoms with E-state index in [-0.39, 0.29) is 6.04 Å². The van der Waals surface area contributed by atoms with Gasteiger partial charge in [0, 0.05) is 23.4 Å². The Morgan fingerprint density at radius 2 is 2.29 bits per heavy atom. The van der Waals surface area contributed by atoms with Crippen molar-refractivity contribution in [2.45, 2.75) is 19.9 Å². The Balaban J connectivity index is 2.30. The van der Waals surface area contributed by atoms with Crippen molar-refractivity contribution in [3.05, 3.63) is 46.7 Å². The Kier molecular flexibility index (Phi) is 3.84. The molecule has 3 nitrogen and oxygen atoms in total. The van der Waals surface area contributed by atoms with Gasteiger partial charge in [-0.25, -0.2) is 4.98 Å². The second-order valence-corrected chi connectivity index (χ2v) is 4.84. The quantitative estimate of drug-likeness (QED) is 0.932. The van der Waals surface area contributed by atoms with Crippen molar-refractivity contribution in [2.75, 3.05) is 11.9 Å². The van der Waals surface area contributed by atoms with E-state index in [0.717, 1.165) is 17.0 Å². The van der Waals surface area contributed by atoms with E-state index in [4.69, 9.17) is 0 Å². The molecule has 0 saturated heterocycles. The van der Waals surface area contributed by atoms with Crippen molar-refractivity contribution < 1.29 is 0 Å². The summed E-state index contributed by atoms with van der Waals surface area (Å²) in [6.07, 6.45) is 3.83. The fourth-order valence-electron chi connectivity index (χ4n) is 1.85. The molecule has 90 valence electrons. The maximum absolute atomic E-state index is 4.32. The minimum Gasteiger partial charge on any atom is -0.356 e. The summed E-state index contributed by atoms with van der Waals surface area (Å²) in [4.78, 5) is 4.32. The highest BCUT2D eigenvalue weighted by atomic mass is 79.9. The third-order valence-corrected chi connectivity index (χ3v) is 3.25. The maximum atomic E-state index is 4.32. The van der Waals surface area contributed by atoms with Crippen LogP contribution in [-0.4, -0.2) is 16.1 Å². The van der Waals surface area contributed by atoms with E-state index in [9.17, 15) is 0 Å². The van der Waals surface area contributed by atoms with E-state index < -0.39 is 0 Å². The molecule has 0 aliphatic rings. The number of nitrogens with zero attached hydrogens (tertiary/aromatic N) is 2. The third kappa shape index (κ3) is 2.69. The van der Waals surface area contributed by atoms with Crippen LogP contribution in [-0.2, 0) is 0 Å². The van der Waals surface area contributed by atoms with E-state index in [1.807, 2.05) is 18.5 Å². The zero-order valence-corrected chi connectivity index (χ0v) is 11.6. The number of halogens is 1. The van der Waals surface area contributed by atoms with Gasteiger partial charge in [-0.15, -0.1) is 0 Å². The number of benzene rings is 1. The van der Waals surface area contributed by atoms with Crippen LogP contribution < -0.4 is 5.32 Å². The Morgan fingerprint density at radius 1 is 1.47 bits per heavy atom. The highest BCUT2D eigenvalue weighted by molar-refractivity contribution is 9.10. The van der Waals surface area contributed by atoms with Gasteiger partial charge in [-0.1, -0.05) is 28.1 Å². The van der Waals surface area contributed by atoms with E-state index in [1.165, 1.54) is 5.56 Å². The smallest absolute Gasteiger partial charge is 0.203 e. The first-order valence-electron chi connectivity index (χ1n) is 5.74. The summed E-state index contributed by atoms with van der Waals surface area (Å²) in [6, 6.07) is 8.63. The molecule has 1 aromatic heterocycles. The van der Waals surface area contributed by atoms with E-state index in [2.05, 4.69) is 62.8 Å². The molecule has 0 fully saturated rings. The van der Waals surface area contributed by atoms with Crippen LogP contribution in [0.25, 0.3) is 0 Å². The van der Waals surface area contributed by atoms with Crippen molar-refractivity contribution >= 4 is 21.9 Å². The second kappa shape index (κ2) is 5.36. The molecule has 2 aromatic rings. The number of hydrogen-bond donors (Lipinski definition) is 1. The molecule has 1 aromatic carbocycles. The topological polar surface area (TPSA) is 29.9 Å². The molecule has 1 atom stereocenters. The van der Waals surface area contributed by atoms with Gasteiger partial charge in [0.15, 0.2) is 0 Å². The van der Waals surface area contributed by atoms with Gasteiger partial charge in [-0.05, 0) is 31.5 Å². The standard InChI is InChI=1S/C13H16BrN3/c1-3-15-13-16-7-8-17(13)10(2)11-5-4-6-12(14)9-11/h4-10H,3H2,1-2H3,(H,15,16). The first kappa shape index (κ1) is 12.2. The van der Waals surface area contributed by atoms with Crippen molar-refractivity contribution in [3.63, 3.8) is 0 Å². The number of rotatable bonds is 4. The average molecular weight is 294 g/mol. The summed E-state index contributed by atoms with van der Waals surface area (Å²) >= 11 is 3.50. The Morgan fingerprint density at radius 3 is 3.00 bits per heavy atom. The van der Waals surface area contributed by atoms with Crippen LogP contribution in [0.3, 0.4) is 0 Å². The van der Waals surface area contributed by atoms with Crippen molar-refractivity contribution in [3.8, 4) is 0 Å². The summed E-state index contributed by atoms with van der Waals surface area (Å²) < 4.78 is 3.25. The lowest BCUT2D eigenvalue weighted by Crippen LogP contribution is -2.11. The van der Waals surface area contributed by atoms with Gasteiger partial charge in [-0.3, -0.25) is 0 Å². The van der Waals surface area contributed by atoms with Gasteiger partial charge in [0.2, 0.25) is 5.95 Å². The Labute approximate surface area is 110 Å². The summed E-state index contributed by atoms with van der Waals surface area (Å²) in [6.45, 7) is 5.12. The zero-order chi connectivity index (χ0) is 12.3. The molecule has 0 spiro atoms. The van der Waals surface area contributed by atoms with Gasteiger partial charge in [0.05, 0.1) is 6.04 Å². The lowest BCUT2D eigenvalue weighted by atomic mass is 10.1. The van der Waals surface area contributed by atoms with Crippen molar-refractivity contribution in [1.82, 2.24) is 9.55 Å². The molecule has 0 radical (unpaired) electrons. The SMILES string of the molecule is CCNc1nccn1C(C)c1cccc(Br)c1. The molecule has 0 saturated carbocycles. The van der Waals surface area contributed by atoms with Crippen LogP contribution in [0, 0.1) is 0 Å². The molecule has 1 N–H and O–H groups in total. The van der Waals surface area contributed by atoms with Crippen LogP contribution in [0.2, 0.25) is 0 Å². The van der Waals surface area contributed by atoms with Crippen LogP contribution >= 0.6 is 15.9 Å². The van der Waals surface area contributed by atoms with Crippen LogP contribution in [0.1, 0.15) is 25.5 Å². The highest BCUT2D eigenvalue weighted by Gasteiger charge is 2.11. The molecule has 0 bridgehead atoms. The molecule has 4 heteroatoms. The maximum Gasteiger partial charge on any atom is 0.203 e. The van der Waals surface area contributed by atoms with Crippen LogP contribution in [0.4, 0.5) is 5.95 Å². The highest BCUT2D eigenvalue weighted by Crippen LogP contribution is 2.23. The van der Waals surface area contributed by atoms with Gasteiger partial charge >= 0.3 is 0 Å². The lowest BCUT2D eigenvalue weighted by Gasteiger charge is -2.17. The normalized spacial score (nSPS) is 12.4. The summed E-state index contributed by atoms with van der Waals surface area (Å²) in [7, 11) is 0. The lowest BCUT2D eigenvalue weighted by molar-refractivity contribution is 0.644.